The van der Waals surface area contributed by atoms with Gasteiger partial charge >= 0.3 is 0 Å². The second-order valence-electron chi connectivity index (χ2n) is 22.3. The molecule has 0 aromatic heterocycles. The fourth-order valence-corrected chi connectivity index (χ4v) is 11.2. The van der Waals surface area contributed by atoms with E-state index in [1.165, 1.54) is 266 Å². The first-order chi connectivity index (χ1) is 35.0. The quantitative estimate of drug-likeness (QED) is 0.0273. The Balaban J connectivity index is 0.0000178. The maximum Gasteiger partial charge on any atom is 0.223 e. The van der Waals surface area contributed by atoms with Crippen LogP contribution < -0.4 is 0 Å². The van der Waals surface area contributed by atoms with Gasteiger partial charge in [0.25, 0.3) is 0 Å². The van der Waals surface area contributed by atoms with Gasteiger partial charge in [0.15, 0.2) is 0 Å². The fraction of sp³-hybridized carbons (Fsp3) is 0.739. The van der Waals surface area contributed by atoms with Gasteiger partial charge in [-0.1, -0.05) is 253 Å². The normalized spacial score (nSPS) is 12.4. The van der Waals surface area contributed by atoms with E-state index in [9.17, 15) is 5.53 Å². The molecule has 2 aromatic rings. The minimum atomic E-state index is 0. The number of rotatable bonds is 45. The summed E-state index contributed by atoms with van der Waals surface area (Å²) in [5.41, 5.74) is 27.1. The maximum atomic E-state index is 12.7. The van der Waals surface area contributed by atoms with Gasteiger partial charge in [0.2, 0.25) is 11.4 Å². The van der Waals surface area contributed by atoms with Crippen molar-refractivity contribution in [3.05, 3.63) is 86.0 Å². The fourth-order valence-electron chi connectivity index (χ4n) is 11.2. The van der Waals surface area contributed by atoms with Gasteiger partial charge in [-0.3, -0.25) is 0 Å². The minimum absolute atomic E-state index is 0. The summed E-state index contributed by atoms with van der Waals surface area (Å²) in [5.74, 6) is 7.39. The summed E-state index contributed by atoms with van der Waals surface area (Å²) in [4.78, 5) is 0. The van der Waals surface area contributed by atoms with Crippen molar-refractivity contribution in [2.24, 2.45) is 0 Å². The van der Waals surface area contributed by atoms with Gasteiger partial charge in [0, 0.05) is 44.0 Å². The number of aryl methyl sites for hydroxylation is 4. The topological polar surface area (TPSA) is 25.3 Å². The predicted octanol–water partition coefficient (Wildman–Crippen LogP) is 22.7. The van der Waals surface area contributed by atoms with Crippen LogP contribution in [0.25, 0.3) is 16.9 Å². The van der Waals surface area contributed by atoms with E-state index in [-0.39, 0.29) is 20.4 Å². The Bertz CT molecular complexity index is 1780. The van der Waals surface area contributed by atoms with E-state index in [1.54, 1.807) is 15.8 Å². The molecule has 0 saturated heterocycles. The standard InChI is InChI=1S/C69H114N2.Pd/c1-8-15-22-25-28-29-30-31-32-33-34-35-36-37-38-39-40-41-44-51-63-58-68(64-54-59(47-18-11-4)66(60(55-64)48-19-12-5)52-45-42-26-23-16-9-2)71(70)69(63)65-56-61(49-20-13-6)67(62(57-65)50-21-14-7)53-46-43-27-24-17-10-3;/h54-58H,8-43,45-50,52-53H2,1-7H3;. The molecule has 1 aliphatic heterocycles. The van der Waals surface area contributed by atoms with E-state index in [0.717, 1.165) is 66.6 Å². The van der Waals surface area contributed by atoms with Crippen molar-refractivity contribution in [3.8, 4) is 11.8 Å². The van der Waals surface area contributed by atoms with Crippen LogP contribution in [0.2, 0.25) is 0 Å². The van der Waals surface area contributed by atoms with Crippen molar-refractivity contribution >= 4 is 11.4 Å². The Morgan fingerprint density at radius 3 is 0.972 bits per heavy atom. The molecule has 0 saturated carbocycles. The van der Waals surface area contributed by atoms with Crippen molar-refractivity contribution in [3.63, 3.8) is 0 Å². The third kappa shape index (κ3) is 26.5. The zero-order valence-electron chi connectivity index (χ0n) is 48.7. The summed E-state index contributed by atoms with van der Waals surface area (Å²) in [6, 6.07) is 9.91. The smallest absolute Gasteiger partial charge is 0.223 e. The first kappa shape index (κ1) is 65.9. The average molecular weight is 1080 g/mol. The molecule has 3 heteroatoms. The SMILES string of the molecule is CCCCCCCCCCCCCCCCCCCC#CC1=C(c2cc(CCCC)c(CCCCCCCC)c(CCCC)c2)[N+](=[N-])C(c2cc(CCCC)c(CCCCCCCC)c(CCCC)c2)=C1.[Pd]. The Morgan fingerprint density at radius 1 is 0.347 bits per heavy atom. The molecule has 2 aromatic carbocycles. The van der Waals surface area contributed by atoms with Gasteiger partial charge in [-0.2, -0.15) is 0 Å². The van der Waals surface area contributed by atoms with Crippen LogP contribution in [-0.2, 0) is 58.9 Å². The largest absolute Gasteiger partial charge is 0.493 e. The summed E-state index contributed by atoms with van der Waals surface area (Å²) in [6.45, 7) is 16.3. The molecule has 410 valence electrons. The zero-order chi connectivity index (χ0) is 51.0. The van der Waals surface area contributed by atoms with Gasteiger partial charge in [-0.05, 0) is 141 Å². The van der Waals surface area contributed by atoms with Crippen LogP contribution in [0.4, 0.5) is 0 Å². The van der Waals surface area contributed by atoms with Crippen LogP contribution in [0.3, 0.4) is 0 Å². The molecule has 1 heterocycles. The zero-order valence-corrected chi connectivity index (χ0v) is 50.3. The van der Waals surface area contributed by atoms with Gasteiger partial charge in [-0.25, -0.2) is 4.70 Å². The van der Waals surface area contributed by atoms with E-state index in [1.807, 2.05) is 0 Å². The monoisotopic (exact) mass is 1080 g/mol. The van der Waals surface area contributed by atoms with Crippen molar-refractivity contribution in [1.82, 2.24) is 0 Å². The van der Waals surface area contributed by atoms with Crippen molar-refractivity contribution < 1.29 is 25.1 Å². The molecule has 0 radical (unpaired) electrons. The first-order valence-corrected chi connectivity index (χ1v) is 31.7. The van der Waals surface area contributed by atoms with Crippen molar-refractivity contribution in [1.29, 1.82) is 0 Å². The minimum Gasteiger partial charge on any atom is -0.493 e. The molecule has 0 aliphatic carbocycles. The molecular formula is C69H114N2Pd. The van der Waals surface area contributed by atoms with Crippen LogP contribution in [0.5, 0.6) is 0 Å². The molecule has 0 spiro atoms. The Labute approximate surface area is 462 Å². The Morgan fingerprint density at radius 2 is 0.639 bits per heavy atom. The average Bonchev–Trinajstić information content (AvgIpc) is 3.71. The molecule has 3 rings (SSSR count). The third-order valence-electron chi connectivity index (χ3n) is 15.8. The van der Waals surface area contributed by atoms with Crippen LogP contribution in [0, 0.1) is 11.8 Å². The van der Waals surface area contributed by atoms with Gasteiger partial charge < -0.3 is 5.53 Å². The van der Waals surface area contributed by atoms with Crippen LogP contribution in [0.15, 0.2) is 35.9 Å². The first-order valence-electron chi connectivity index (χ1n) is 31.7. The number of hydrogen-bond acceptors (Lipinski definition) is 0. The summed E-state index contributed by atoms with van der Waals surface area (Å²) < 4.78 is 1.57. The second-order valence-corrected chi connectivity index (χ2v) is 22.3. The summed E-state index contributed by atoms with van der Waals surface area (Å²) in [6.07, 6.45) is 59.1. The molecule has 0 N–H and O–H groups in total. The molecular weight excluding hydrogens is 963 g/mol. The number of unbranched alkanes of at least 4 members (excludes halogenated alkanes) is 31. The Hall–Kier alpha value is -2.26. The molecule has 0 atom stereocenters. The van der Waals surface area contributed by atoms with Crippen LogP contribution in [-0.4, -0.2) is 4.70 Å². The number of allylic oxidation sites excluding steroid dienone is 2. The number of nitrogens with zero attached hydrogens (tertiary/aromatic N) is 2. The van der Waals surface area contributed by atoms with E-state index >= 15 is 0 Å². The van der Waals surface area contributed by atoms with Gasteiger partial charge in [0.05, 0.1) is 0 Å². The summed E-state index contributed by atoms with van der Waals surface area (Å²) in [5, 5.41) is 0. The van der Waals surface area contributed by atoms with E-state index in [2.05, 4.69) is 90.6 Å². The number of benzene rings is 2. The summed E-state index contributed by atoms with van der Waals surface area (Å²) in [7, 11) is 0. The second kappa shape index (κ2) is 43.9. The van der Waals surface area contributed by atoms with Crippen molar-refractivity contribution in [2.45, 2.75) is 331 Å². The number of hydrogen-bond donors (Lipinski definition) is 0. The Kier molecular flexibility index (Phi) is 40.2. The maximum absolute atomic E-state index is 12.7. The van der Waals surface area contributed by atoms with E-state index in [0.29, 0.717) is 0 Å². The molecule has 0 amide bonds. The molecule has 0 unspecified atom stereocenters. The molecule has 72 heavy (non-hydrogen) atoms. The van der Waals surface area contributed by atoms with Gasteiger partial charge in [-0.15, -0.1) is 0 Å². The summed E-state index contributed by atoms with van der Waals surface area (Å²) >= 11 is 0. The van der Waals surface area contributed by atoms with E-state index in [4.69, 9.17) is 0 Å². The van der Waals surface area contributed by atoms with E-state index < -0.39 is 0 Å². The molecule has 1 aliphatic rings. The molecule has 2 nitrogen and oxygen atoms in total. The third-order valence-corrected chi connectivity index (χ3v) is 15.8. The van der Waals surface area contributed by atoms with Crippen LogP contribution in [0.1, 0.15) is 337 Å². The van der Waals surface area contributed by atoms with Crippen LogP contribution >= 0.6 is 0 Å². The van der Waals surface area contributed by atoms with Crippen molar-refractivity contribution in [2.75, 3.05) is 0 Å². The molecule has 0 bridgehead atoms. The molecule has 0 fully saturated rings. The van der Waals surface area contributed by atoms with Gasteiger partial charge in [0.1, 0.15) is 5.57 Å². The predicted molar refractivity (Wildman–Crippen MR) is 317 cm³/mol.